The largest absolute Gasteiger partial charge is 0.340 e. The molecule has 0 spiro atoms. The standard InChI is InChI=1S/C11H9N7/c1-2-8(4-12-3-1)5-17-18-11-9-10(14-6-13-9)15-7-16-11/h1-7H,(H2,13,14,15,16,18). The first kappa shape index (κ1) is 10.3. The van der Waals surface area contributed by atoms with E-state index >= 15 is 0 Å². The molecule has 7 heteroatoms. The zero-order chi connectivity index (χ0) is 12.2. The molecule has 0 aliphatic heterocycles. The molecule has 0 aromatic carbocycles. The van der Waals surface area contributed by atoms with Gasteiger partial charge in [-0.25, -0.2) is 15.0 Å². The number of H-pyrrole nitrogens is 1. The maximum absolute atomic E-state index is 4.09. The summed E-state index contributed by atoms with van der Waals surface area (Å²) < 4.78 is 0. The number of rotatable bonds is 3. The fourth-order valence-corrected chi connectivity index (χ4v) is 1.47. The molecule has 0 unspecified atom stereocenters. The number of aromatic amines is 1. The van der Waals surface area contributed by atoms with E-state index in [4.69, 9.17) is 0 Å². The van der Waals surface area contributed by atoms with Crippen molar-refractivity contribution in [2.75, 3.05) is 5.43 Å². The van der Waals surface area contributed by atoms with Gasteiger partial charge in [-0.1, -0.05) is 6.07 Å². The summed E-state index contributed by atoms with van der Waals surface area (Å²) in [7, 11) is 0. The van der Waals surface area contributed by atoms with Crippen LogP contribution in [0.25, 0.3) is 11.2 Å². The first-order valence-electron chi connectivity index (χ1n) is 5.26. The number of anilines is 1. The second kappa shape index (κ2) is 4.58. The molecule has 3 heterocycles. The van der Waals surface area contributed by atoms with Crippen LogP contribution in [0.5, 0.6) is 0 Å². The molecule has 0 bridgehead atoms. The normalized spacial score (nSPS) is 11.1. The average Bonchev–Trinajstić information content (AvgIpc) is 2.89. The number of hydrogen-bond acceptors (Lipinski definition) is 6. The topological polar surface area (TPSA) is 91.7 Å². The van der Waals surface area contributed by atoms with E-state index in [9.17, 15) is 0 Å². The Balaban J connectivity index is 1.81. The summed E-state index contributed by atoms with van der Waals surface area (Å²) in [6.07, 6.45) is 8.10. The highest BCUT2D eigenvalue weighted by Crippen LogP contribution is 2.13. The van der Waals surface area contributed by atoms with Crippen LogP contribution in [0.2, 0.25) is 0 Å². The maximum atomic E-state index is 4.09. The lowest BCUT2D eigenvalue weighted by molar-refractivity contribution is 1.17. The molecule has 0 amide bonds. The minimum atomic E-state index is 0.581. The van der Waals surface area contributed by atoms with Crippen molar-refractivity contribution in [1.29, 1.82) is 0 Å². The van der Waals surface area contributed by atoms with Crippen LogP contribution >= 0.6 is 0 Å². The van der Waals surface area contributed by atoms with E-state index in [0.717, 1.165) is 11.1 Å². The van der Waals surface area contributed by atoms with Gasteiger partial charge in [-0.05, 0) is 6.07 Å². The molecule has 0 saturated heterocycles. The summed E-state index contributed by atoms with van der Waals surface area (Å²) in [6.45, 7) is 0. The third-order valence-electron chi connectivity index (χ3n) is 2.29. The number of nitrogens with zero attached hydrogens (tertiary/aromatic N) is 5. The average molecular weight is 239 g/mol. The first-order chi connectivity index (χ1) is 8.93. The number of nitrogens with one attached hydrogen (secondary N) is 2. The Morgan fingerprint density at radius 3 is 3.17 bits per heavy atom. The lowest BCUT2D eigenvalue weighted by atomic mass is 10.3. The van der Waals surface area contributed by atoms with Gasteiger partial charge in [0.05, 0.1) is 12.5 Å². The zero-order valence-corrected chi connectivity index (χ0v) is 9.28. The smallest absolute Gasteiger partial charge is 0.182 e. The van der Waals surface area contributed by atoms with Crippen LogP contribution in [0, 0.1) is 0 Å². The van der Waals surface area contributed by atoms with Crippen molar-refractivity contribution < 1.29 is 0 Å². The molecule has 88 valence electrons. The van der Waals surface area contributed by atoms with Gasteiger partial charge in [0.2, 0.25) is 0 Å². The summed E-state index contributed by atoms with van der Waals surface area (Å²) in [5, 5.41) is 4.09. The van der Waals surface area contributed by atoms with Crippen molar-refractivity contribution in [3.05, 3.63) is 42.7 Å². The predicted molar refractivity (Wildman–Crippen MR) is 67.1 cm³/mol. The van der Waals surface area contributed by atoms with Gasteiger partial charge in [0.1, 0.15) is 11.8 Å². The van der Waals surface area contributed by atoms with E-state index in [1.54, 1.807) is 24.9 Å². The van der Waals surface area contributed by atoms with Crippen molar-refractivity contribution in [2.45, 2.75) is 0 Å². The molecular weight excluding hydrogens is 230 g/mol. The fraction of sp³-hybridized carbons (Fsp3) is 0. The first-order valence-corrected chi connectivity index (χ1v) is 5.26. The summed E-state index contributed by atoms with van der Waals surface area (Å²) >= 11 is 0. The predicted octanol–water partition coefficient (Wildman–Crippen LogP) is 1.19. The molecule has 3 rings (SSSR count). The lowest BCUT2D eigenvalue weighted by Crippen LogP contribution is -1.95. The summed E-state index contributed by atoms with van der Waals surface area (Å²) in [5.74, 6) is 0.581. The van der Waals surface area contributed by atoms with Crippen LogP contribution in [0.1, 0.15) is 5.56 Å². The Labute approximate surface area is 102 Å². The maximum Gasteiger partial charge on any atom is 0.182 e. The highest BCUT2D eigenvalue weighted by molar-refractivity contribution is 5.84. The summed E-state index contributed by atoms with van der Waals surface area (Å²) in [6, 6.07) is 3.75. The number of imidazole rings is 1. The highest BCUT2D eigenvalue weighted by atomic mass is 15.3. The van der Waals surface area contributed by atoms with E-state index < -0.39 is 0 Å². The van der Waals surface area contributed by atoms with Gasteiger partial charge in [-0.2, -0.15) is 5.10 Å². The van der Waals surface area contributed by atoms with Gasteiger partial charge >= 0.3 is 0 Å². The van der Waals surface area contributed by atoms with E-state index in [2.05, 4.69) is 35.4 Å². The van der Waals surface area contributed by atoms with Crippen LogP contribution in [-0.4, -0.2) is 31.1 Å². The Morgan fingerprint density at radius 1 is 1.28 bits per heavy atom. The molecule has 3 aromatic heterocycles. The second-order valence-corrected chi connectivity index (χ2v) is 3.48. The summed E-state index contributed by atoms with van der Waals surface area (Å²) in [4.78, 5) is 19.1. The number of hydrogen-bond donors (Lipinski definition) is 2. The number of fused-ring (bicyclic) bond motifs is 1. The second-order valence-electron chi connectivity index (χ2n) is 3.48. The Kier molecular flexibility index (Phi) is 2.63. The molecule has 0 atom stereocenters. The molecule has 0 saturated carbocycles. The van der Waals surface area contributed by atoms with Crippen molar-refractivity contribution in [3.63, 3.8) is 0 Å². The third-order valence-corrected chi connectivity index (χ3v) is 2.29. The quantitative estimate of drug-likeness (QED) is 0.529. The molecule has 0 fully saturated rings. The summed E-state index contributed by atoms with van der Waals surface area (Å²) in [5.41, 5.74) is 5.07. The van der Waals surface area contributed by atoms with E-state index in [1.165, 1.54) is 6.33 Å². The van der Waals surface area contributed by atoms with Crippen LogP contribution in [-0.2, 0) is 0 Å². The number of aromatic nitrogens is 5. The van der Waals surface area contributed by atoms with Crippen LogP contribution in [0.4, 0.5) is 5.82 Å². The van der Waals surface area contributed by atoms with Crippen molar-refractivity contribution >= 4 is 23.2 Å². The monoisotopic (exact) mass is 239 g/mol. The molecule has 0 aliphatic carbocycles. The fourth-order valence-electron chi connectivity index (χ4n) is 1.47. The third kappa shape index (κ3) is 2.01. The van der Waals surface area contributed by atoms with Gasteiger partial charge in [0.15, 0.2) is 11.5 Å². The van der Waals surface area contributed by atoms with Crippen molar-refractivity contribution in [3.8, 4) is 0 Å². The molecule has 18 heavy (non-hydrogen) atoms. The van der Waals surface area contributed by atoms with Crippen LogP contribution < -0.4 is 5.43 Å². The highest BCUT2D eigenvalue weighted by Gasteiger charge is 2.03. The SMILES string of the molecule is C(=NNc1ncnc2nc[nH]c12)c1cccnc1. The Bertz CT molecular complexity index is 674. The Hall–Kier alpha value is -2.83. The molecule has 7 nitrogen and oxygen atoms in total. The molecule has 3 aromatic rings. The van der Waals surface area contributed by atoms with Gasteiger partial charge in [-0.3, -0.25) is 10.4 Å². The van der Waals surface area contributed by atoms with Crippen LogP contribution in [0.15, 0.2) is 42.3 Å². The minimum absolute atomic E-state index is 0.581. The van der Waals surface area contributed by atoms with Gasteiger partial charge in [-0.15, -0.1) is 0 Å². The van der Waals surface area contributed by atoms with Crippen molar-refractivity contribution in [2.24, 2.45) is 5.10 Å². The van der Waals surface area contributed by atoms with E-state index in [-0.39, 0.29) is 0 Å². The molecular formula is C11H9N7. The van der Waals surface area contributed by atoms with Gasteiger partial charge in [0, 0.05) is 18.0 Å². The van der Waals surface area contributed by atoms with Crippen LogP contribution in [0.3, 0.4) is 0 Å². The van der Waals surface area contributed by atoms with Gasteiger partial charge < -0.3 is 4.98 Å². The Morgan fingerprint density at radius 2 is 2.28 bits per heavy atom. The molecule has 2 N–H and O–H groups in total. The molecule has 0 aliphatic rings. The molecule has 0 radical (unpaired) electrons. The lowest BCUT2D eigenvalue weighted by Gasteiger charge is -1.98. The zero-order valence-electron chi connectivity index (χ0n) is 9.28. The van der Waals surface area contributed by atoms with E-state index in [1.807, 2.05) is 12.1 Å². The van der Waals surface area contributed by atoms with Crippen molar-refractivity contribution in [1.82, 2.24) is 24.9 Å². The van der Waals surface area contributed by atoms with E-state index in [0.29, 0.717) is 11.5 Å². The van der Waals surface area contributed by atoms with Gasteiger partial charge in [0.25, 0.3) is 0 Å². The minimum Gasteiger partial charge on any atom is -0.340 e. The number of hydrazone groups is 1. The number of pyridine rings is 1.